The number of benzene rings is 1. The van der Waals surface area contributed by atoms with Gasteiger partial charge in [-0.2, -0.15) is 0 Å². The maximum atomic E-state index is 13.2. The molecule has 0 fully saturated rings. The molecule has 0 saturated carbocycles. The van der Waals surface area contributed by atoms with Crippen LogP contribution in [-0.4, -0.2) is 30.9 Å². The van der Waals surface area contributed by atoms with E-state index in [-0.39, 0.29) is 30.0 Å². The number of carbonyl (C=O) groups excluding carboxylic acids is 2. The largest absolute Gasteiger partial charge is 0.332 e. The summed E-state index contributed by atoms with van der Waals surface area (Å²) < 4.78 is 2.27. The summed E-state index contributed by atoms with van der Waals surface area (Å²) in [7, 11) is 0. The van der Waals surface area contributed by atoms with Gasteiger partial charge in [0.15, 0.2) is 5.52 Å². The predicted octanol–water partition coefficient (Wildman–Crippen LogP) is 1.60. The van der Waals surface area contributed by atoms with Crippen LogP contribution >= 0.6 is 0 Å². The molecule has 0 aliphatic rings. The Morgan fingerprint density at radius 1 is 0.909 bits per heavy atom. The molecule has 0 aliphatic carbocycles. The van der Waals surface area contributed by atoms with E-state index in [1.54, 1.807) is 60.9 Å². The van der Waals surface area contributed by atoms with Crippen molar-refractivity contribution in [3.05, 3.63) is 93.5 Å². The highest BCUT2D eigenvalue weighted by molar-refractivity contribution is 5.93. The first-order chi connectivity index (χ1) is 15.9. The third-order valence-electron chi connectivity index (χ3n) is 4.85. The first kappa shape index (κ1) is 21.6. The first-order valence-electron chi connectivity index (χ1n) is 10.1. The number of aromatic nitrogens is 4. The molecule has 2 amide bonds. The molecule has 2 N–H and O–H groups in total. The van der Waals surface area contributed by atoms with Gasteiger partial charge in [-0.25, -0.2) is 9.78 Å². The zero-order chi connectivity index (χ0) is 23.4. The topological polar surface area (TPSA) is 128 Å². The summed E-state index contributed by atoms with van der Waals surface area (Å²) in [5.74, 6) is -0.711. The van der Waals surface area contributed by atoms with Gasteiger partial charge in [0, 0.05) is 36.9 Å². The summed E-state index contributed by atoms with van der Waals surface area (Å²) in [5.41, 5.74) is 0.883. The number of nitrogens with one attached hydrogen (secondary N) is 2. The Morgan fingerprint density at radius 3 is 2.36 bits per heavy atom. The lowest BCUT2D eigenvalue weighted by Crippen LogP contribution is -2.42. The van der Waals surface area contributed by atoms with E-state index in [1.807, 2.05) is 0 Å². The van der Waals surface area contributed by atoms with E-state index in [9.17, 15) is 19.2 Å². The zero-order valence-electron chi connectivity index (χ0n) is 17.7. The fourth-order valence-electron chi connectivity index (χ4n) is 3.43. The monoisotopic (exact) mass is 444 g/mol. The summed E-state index contributed by atoms with van der Waals surface area (Å²) in [6, 6.07) is 13.2. The van der Waals surface area contributed by atoms with Crippen LogP contribution in [0.3, 0.4) is 0 Å². The first-order valence-corrected chi connectivity index (χ1v) is 10.1. The Balaban J connectivity index is 1.68. The Bertz CT molecular complexity index is 1460. The van der Waals surface area contributed by atoms with Gasteiger partial charge in [0.1, 0.15) is 6.54 Å². The highest BCUT2D eigenvalue weighted by Crippen LogP contribution is 2.15. The van der Waals surface area contributed by atoms with Crippen molar-refractivity contribution in [2.24, 2.45) is 0 Å². The van der Waals surface area contributed by atoms with Crippen molar-refractivity contribution in [3.63, 3.8) is 0 Å². The summed E-state index contributed by atoms with van der Waals surface area (Å²) in [6.07, 6.45) is 4.60. The summed E-state index contributed by atoms with van der Waals surface area (Å²) >= 11 is 0. The van der Waals surface area contributed by atoms with Crippen LogP contribution in [0.25, 0.3) is 11.0 Å². The minimum Gasteiger partial charge on any atom is -0.326 e. The van der Waals surface area contributed by atoms with Crippen molar-refractivity contribution in [1.29, 1.82) is 0 Å². The number of hydrogen-bond acceptors (Lipinski definition) is 6. The van der Waals surface area contributed by atoms with E-state index in [0.717, 1.165) is 4.57 Å². The molecule has 0 unspecified atom stereocenters. The molecular weight excluding hydrogens is 424 g/mol. The van der Waals surface area contributed by atoms with Crippen molar-refractivity contribution in [2.75, 3.05) is 10.6 Å². The van der Waals surface area contributed by atoms with Crippen LogP contribution in [0.2, 0.25) is 0 Å². The zero-order valence-corrected chi connectivity index (χ0v) is 17.7. The average molecular weight is 444 g/mol. The van der Waals surface area contributed by atoms with E-state index in [0.29, 0.717) is 16.9 Å². The van der Waals surface area contributed by atoms with E-state index in [4.69, 9.17) is 0 Å². The molecule has 10 nitrogen and oxygen atoms in total. The lowest BCUT2D eigenvalue weighted by Gasteiger charge is -2.14. The van der Waals surface area contributed by atoms with Gasteiger partial charge in [0.05, 0.1) is 12.1 Å². The van der Waals surface area contributed by atoms with E-state index < -0.39 is 17.2 Å². The third kappa shape index (κ3) is 4.85. The summed E-state index contributed by atoms with van der Waals surface area (Å²) in [6.45, 7) is 1.08. The molecule has 3 aromatic heterocycles. The van der Waals surface area contributed by atoms with E-state index in [1.165, 1.54) is 17.7 Å². The quantitative estimate of drug-likeness (QED) is 0.465. The van der Waals surface area contributed by atoms with Crippen LogP contribution in [0.4, 0.5) is 11.4 Å². The maximum Gasteiger partial charge on any atom is 0.332 e. The highest BCUT2D eigenvalue weighted by atomic mass is 16.2. The van der Waals surface area contributed by atoms with Crippen molar-refractivity contribution < 1.29 is 9.59 Å². The predicted molar refractivity (Wildman–Crippen MR) is 123 cm³/mol. The molecule has 4 rings (SSSR count). The Hall–Kier alpha value is -4.60. The number of fused-ring (bicyclic) bond motifs is 1. The molecule has 33 heavy (non-hydrogen) atoms. The number of hydrogen-bond donors (Lipinski definition) is 2. The highest BCUT2D eigenvalue weighted by Gasteiger charge is 2.16. The third-order valence-corrected chi connectivity index (χ3v) is 4.85. The Morgan fingerprint density at radius 2 is 1.64 bits per heavy atom. The molecule has 166 valence electrons. The Labute approximate surface area is 187 Å². The van der Waals surface area contributed by atoms with Crippen LogP contribution in [0, 0.1) is 0 Å². The van der Waals surface area contributed by atoms with Gasteiger partial charge in [-0.3, -0.25) is 28.5 Å². The standard InChI is InChI=1S/C23H20N6O4/c1-15(30)26-17-4-2-5-18(12-17)27-20(31)14-28-19-6-3-9-25-21(19)22(32)29(23(28)33)13-16-7-10-24-11-8-16/h2-12H,13-14H2,1H3,(H,26,30)(H,27,31). The van der Waals surface area contributed by atoms with Crippen molar-refractivity contribution in [1.82, 2.24) is 19.1 Å². The van der Waals surface area contributed by atoms with Crippen LogP contribution in [0.5, 0.6) is 0 Å². The van der Waals surface area contributed by atoms with Crippen LogP contribution in [0.1, 0.15) is 12.5 Å². The number of amides is 2. The fraction of sp³-hybridized carbons (Fsp3) is 0.130. The molecule has 0 aliphatic heterocycles. The minimum absolute atomic E-state index is 0.0209. The van der Waals surface area contributed by atoms with Gasteiger partial charge >= 0.3 is 5.69 Å². The number of pyridine rings is 2. The molecular formula is C23H20N6O4. The number of rotatable bonds is 6. The number of nitrogens with zero attached hydrogens (tertiary/aromatic N) is 4. The van der Waals surface area contributed by atoms with Gasteiger partial charge in [-0.15, -0.1) is 0 Å². The summed E-state index contributed by atoms with van der Waals surface area (Å²) in [4.78, 5) is 58.3. The Kier molecular flexibility index (Phi) is 6.07. The molecule has 4 aromatic rings. The smallest absolute Gasteiger partial charge is 0.326 e. The lowest BCUT2D eigenvalue weighted by atomic mass is 10.2. The van der Waals surface area contributed by atoms with Gasteiger partial charge in [0.25, 0.3) is 5.56 Å². The number of anilines is 2. The van der Waals surface area contributed by atoms with Crippen LogP contribution < -0.4 is 21.9 Å². The maximum absolute atomic E-state index is 13.2. The molecule has 0 bridgehead atoms. The molecule has 0 atom stereocenters. The molecule has 0 spiro atoms. The van der Waals surface area contributed by atoms with E-state index in [2.05, 4.69) is 20.6 Å². The van der Waals surface area contributed by atoms with E-state index >= 15 is 0 Å². The molecule has 0 saturated heterocycles. The molecule has 0 radical (unpaired) electrons. The van der Waals surface area contributed by atoms with Crippen LogP contribution in [-0.2, 0) is 22.7 Å². The van der Waals surface area contributed by atoms with Crippen molar-refractivity contribution in [3.8, 4) is 0 Å². The van der Waals surface area contributed by atoms with Gasteiger partial charge in [-0.1, -0.05) is 6.07 Å². The molecule has 3 heterocycles. The fourth-order valence-corrected chi connectivity index (χ4v) is 3.43. The second kappa shape index (κ2) is 9.27. The van der Waals surface area contributed by atoms with Crippen molar-refractivity contribution >= 4 is 34.2 Å². The van der Waals surface area contributed by atoms with Gasteiger partial charge in [-0.05, 0) is 48.0 Å². The second-order valence-corrected chi connectivity index (χ2v) is 7.30. The van der Waals surface area contributed by atoms with Crippen LogP contribution in [0.15, 0.2) is 76.7 Å². The van der Waals surface area contributed by atoms with Gasteiger partial charge in [0.2, 0.25) is 11.8 Å². The molecule has 1 aromatic carbocycles. The lowest BCUT2D eigenvalue weighted by molar-refractivity contribution is -0.117. The van der Waals surface area contributed by atoms with Crippen molar-refractivity contribution in [2.45, 2.75) is 20.0 Å². The SMILES string of the molecule is CC(=O)Nc1cccc(NC(=O)Cn2c(=O)n(Cc3ccncc3)c(=O)c3ncccc32)c1. The average Bonchev–Trinajstić information content (AvgIpc) is 2.80. The molecule has 10 heteroatoms. The van der Waals surface area contributed by atoms with Gasteiger partial charge < -0.3 is 10.6 Å². The second-order valence-electron chi connectivity index (χ2n) is 7.30. The number of carbonyl (C=O) groups is 2. The normalized spacial score (nSPS) is 10.7. The summed E-state index contributed by atoms with van der Waals surface area (Å²) in [5, 5.41) is 5.36. The minimum atomic E-state index is -0.626.